The number of nitrogens with zero attached hydrogens (tertiary/aromatic N) is 3. The van der Waals surface area contributed by atoms with E-state index in [0.717, 1.165) is 6.20 Å². The Hall–Kier alpha value is -3.45. The molecule has 0 radical (unpaired) electrons. The molecular weight excluding hydrogens is 442 g/mol. The number of carbonyl (C=O) groups is 1. The van der Waals surface area contributed by atoms with Gasteiger partial charge >= 0.3 is 18.3 Å². The monoisotopic (exact) mass is 453 g/mol. The Labute approximate surface area is 167 Å². The molecule has 0 bridgehead atoms. The molecule has 0 spiro atoms. The second-order valence-corrected chi connectivity index (χ2v) is 6.35. The molecule has 0 aliphatic carbocycles. The first-order valence-corrected chi connectivity index (χ1v) is 8.22. The van der Waals surface area contributed by atoms with Crippen molar-refractivity contribution in [1.29, 1.82) is 0 Å². The van der Waals surface area contributed by atoms with Crippen molar-refractivity contribution in [2.24, 2.45) is 5.73 Å². The van der Waals surface area contributed by atoms with Gasteiger partial charge in [0.05, 0.1) is 5.69 Å². The number of rotatable bonds is 4. The second-order valence-electron chi connectivity index (χ2n) is 6.35. The molecule has 0 unspecified atom stereocenters. The van der Waals surface area contributed by atoms with Gasteiger partial charge < -0.3 is 5.73 Å². The quantitative estimate of drug-likeness (QED) is 0.576. The fourth-order valence-electron chi connectivity index (χ4n) is 2.90. The van der Waals surface area contributed by atoms with Crippen molar-refractivity contribution in [3.63, 3.8) is 0 Å². The number of alkyl halides is 8. The topological polar surface area (TPSA) is 89.6 Å². The van der Waals surface area contributed by atoms with Gasteiger partial charge in [0, 0.05) is 17.3 Å². The number of hydrogen-bond acceptors (Lipinski definition) is 3. The van der Waals surface area contributed by atoms with E-state index in [9.17, 15) is 39.9 Å². The van der Waals surface area contributed by atoms with Crippen LogP contribution >= 0.6 is 0 Å². The Balaban J connectivity index is 2.23. The van der Waals surface area contributed by atoms with Crippen molar-refractivity contribution in [2.75, 3.05) is 0 Å². The lowest BCUT2D eigenvalue weighted by Crippen LogP contribution is -2.36. The van der Waals surface area contributed by atoms with Crippen LogP contribution in [0.3, 0.4) is 0 Å². The molecule has 14 heteroatoms. The minimum absolute atomic E-state index is 0.00454. The van der Waals surface area contributed by atoms with Gasteiger partial charge in [-0.1, -0.05) is 18.2 Å². The number of aromatic nitrogens is 4. The van der Waals surface area contributed by atoms with Crippen LogP contribution in [0.1, 0.15) is 27.3 Å². The second kappa shape index (κ2) is 7.06. The Bertz CT molecular complexity index is 1140. The third-order valence-electron chi connectivity index (χ3n) is 4.29. The predicted octanol–water partition coefficient (Wildman–Crippen LogP) is 4.34. The zero-order valence-electron chi connectivity index (χ0n) is 15.2. The van der Waals surface area contributed by atoms with Gasteiger partial charge in [-0.25, -0.2) is 4.68 Å². The predicted molar refractivity (Wildman–Crippen MR) is 89.4 cm³/mol. The smallest absolute Gasteiger partial charge is 0.366 e. The lowest BCUT2D eigenvalue weighted by Gasteiger charge is -2.19. The van der Waals surface area contributed by atoms with E-state index in [1.165, 1.54) is 31.2 Å². The van der Waals surface area contributed by atoms with Crippen molar-refractivity contribution in [3.05, 3.63) is 53.0 Å². The molecule has 0 saturated carbocycles. The standard InChI is InChI=1S/C17H11F8N5O/c1-7-10(8-4-2-3-5-9(8)13(26)31)6-30(29-7)14-11(16(20,21)22)12(27-28-14)15(18,19)17(23,24)25/h2-6H,1H3,(H2,26,31)(H,27,28). The summed E-state index contributed by atoms with van der Waals surface area (Å²) in [7, 11) is 0. The number of halogens is 8. The van der Waals surface area contributed by atoms with Gasteiger partial charge in [0.25, 0.3) is 0 Å². The Morgan fingerprint density at radius 2 is 1.65 bits per heavy atom. The Morgan fingerprint density at radius 3 is 2.19 bits per heavy atom. The molecule has 0 fully saturated rings. The summed E-state index contributed by atoms with van der Waals surface area (Å²) in [4.78, 5) is 11.6. The van der Waals surface area contributed by atoms with Gasteiger partial charge in [-0.15, -0.1) is 0 Å². The highest BCUT2D eigenvalue weighted by molar-refractivity contribution is 6.00. The average molecular weight is 453 g/mol. The molecular formula is C17H11F8N5O. The number of amides is 1. The van der Waals surface area contributed by atoms with Crippen LogP contribution in [0.4, 0.5) is 35.1 Å². The number of aryl methyl sites for hydroxylation is 1. The third-order valence-corrected chi connectivity index (χ3v) is 4.29. The number of primary amides is 1. The van der Waals surface area contributed by atoms with Crippen LogP contribution in [0.2, 0.25) is 0 Å². The van der Waals surface area contributed by atoms with E-state index in [-0.39, 0.29) is 22.4 Å². The summed E-state index contributed by atoms with van der Waals surface area (Å²) in [5.41, 5.74) is 0.722. The SMILES string of the molecule is Cc1nn(-c2[nH]nc(C(F)(F)C(F)(F)F)c2C(F)(F)F)cc1-c1ccccc1C(N)=O. The van der Waals surface area contributed by atoms with Crippen LogP contribution in [0, 0.1) is 6.92 Å². The normalized spacial score (nSPS) is 12.9. The minimum atomic E-state index is -6.31. The van der Waals surface area contributed by atoms with E-state index in [2.05, 4.69) is 10.2 Å². The van der Waals surface area contributed by atoms with E-state index in [4.69, 9.17) is 5.73 Å². The first kappa shape index (κ1) is 22.2. The van der Waals surface area contributed by atoms with Crippen LogP contribution in [0.25, 0.3) is 16.9 Å². The molecule has 0 atom stereocenters. The van der Waals surface area contributed by atoms with Crippen molar-refractivity contribution in [3.8, 4) is 16.9 Å². The van der Waals surface area contributed by atoms with Gasteiger partial charge in [-0.2, -0.15) is 45.3 Å². The lowest BCUT2D eigenvalue weighted by atomic mass is 10.0. The average Bonchev–Trinajstić information content (AvgIpc) is 3.24. The largest absolute Gasteiger partial charge is 0.459 e. The number of hydrogen-bond donors (Lipinski definition) is 2. The Kier molecular flexibility index (Phi) is 5.06. The number of aromatic amines is 1. The maximum atomic E-state index is 13.7. The molecule has 166 valence electrons. The molecule has 0 aliphatic rings. The fraction of sp³-hybridized carbons (Fsp3) is 0.235. The van der Waals surface area contributed by atoms with Crippen molar-refractivity contribution in [2.45, 2.75) is 25.2 Å². The molecule has 1 amide bonds. The molecule has 31 heavy (non-hydrogen) atoms. The van der Waals surface area contributed by atoms with Crippen molar-refractivity contribution >= 4 is 5.91 Å². The fourth-order valence-corrected chi connectivity index (χ4v) is 2.90. The maximum Gasteiger partial charge on any atom is 0.459 e. The summed E-state index contributed by atoms with van der Waals surface area (Å²) in [6, 6.07) is 5.73. The van der Waals surface area contributed by atoms with E-state index in [1.54, 1.807) is 5.10 Å². The third kappa shape index (κ3) is 3.72. The molecule has 3 rings (SSSR count). The summed E-state index contributed by atoms with van der Waals surface area (Å²) in [5, 5.41) is 7.92. The van der Waals surface area contributed by atoms with Crippen LogP contribution < -0.4 is 5.73 Å². The van der Waals surface area contributed by atoms with Gasteiger partial charge in [0.15, 0.2) is 11.5 Å². The van der Waals surface area contributed by atoms with Crippen molar-refractivity contribution < 1.29 is 39.9 Å². The van der Waals surface area contributed by atoms with Crippen molar-refractivity contribution in [1.82, 2.24) is 20.0 Å². The zero-order chi connectivity index (χ0) is 23.4. The summed E-state index contributed by atoms with van der Waals surface area (Å²) >= 11 is 0. The highest BCUT2D eigenvalue weighted by Crippen LogP contribution is 2.48. The molecule has 1 aromatic carbocycles. The van der Waals surface area contributed by atoms with Gasteiger partial charge in [0.1, 0.15) is 5.56 Å². The molecule has 0 saturated heterocycles. The maximum absolute atomic E-state index is 13.7. The van der Waals surface area contributed by atoms with E-state index < -0.39 is 41.3 Å². The first-order valence-electron chi connectivity index (χ1n) is 8.22. The zero-order valence-corrected chi connectivity index (χ0v) is 15.2. The van der Waals surface area contributed by atoms with Crippen LogP contribution in [0.15, 0.2) is 30.5 Å². The number of nitrogens with one attached hydrogen (secondary N) is 1. The van der Waals surface area contributed by atoms with E-state index in [0.29, 0.717) is 4.68 Å². The minimum Gasteiger partial charge on any atom is -0.366 e. The van der Waals surface area contributed by atoms with Gasteiger partial charge in [-0.05, 0) is 18.6 Å². The molecule has 2 aromatic heterocycles. The summed E-state index contributed by atoms with van der Waals surface area (Å²) in [6.45, 7) is 1.33. The highest BCUT2D eigenvalue weighted by Gasteiger charge is 2.64. The molecule has 3 aromatic rings. The molecule has 6 nitrogen and oxygen atoms in total. The van der Waals surface area contributed by atoms with Crippen LogP contribution in [0.5, 0.6) is 0 Å². The number of carbonyl (C=O) groups excluding carboxylic acids is 1. The number of benzene rings is 1. The highest BCUT2D eigenvalue weighted by atomic mass is 19.4. The molecule has 3 N–H and O–H groups in total. The Morgan fingerprint density at radius 1 is 1.03 bits per heavy atom. The summed E-state index contributed by atoms with van der Waals surface area (Å²) < 4.78 is 106. The first-order chi connectivity index (χ1) is 14.2. The summed E-state index contributed by atoms with van der Waals surface area (Å²) in [5.74, 6) is -7.99. The molecule has 2 heterocycles. The summed E-state index contributed by atoms with van der Waals surface area (Å²) in [6.07, 6.45) is -11.0. The van der Waals surface area contributed by atoms with E-state index >= 15 is 0 Å². The van der Waals surface area contributed by atoms with E-state index in [1.807, 2.05) is 0 Å². The van der Waals surface area contributed by atoms with Crippen LogP contribution in [-0.4, -0.2) is 32.1 Å². The number of nitrogens with two attached hydrogens (primary N) is 1. The molecule has 0 aliphatic heterocycles. The number of H-pyrrole nitrogens is 1. The van der Waals surface area contributed by atoms with Gasteiger partial charge in [0.2, 0.25) is 5.91 Å². The van der Waals surface area contributed by atoms with Crippen LogP contribution in [-0.2, 0) is 12.1 Å². The lowest BCUT2D eigenvalue weighted by molar-refractivity contribution is -0.292. The van der Waals surface area contributed by atoms with Gasteiger partial charge in [-0.3, -0.25) is 9.89 Å².